The number of hydrogen-bond acceptors (Lipinski definition) is 2. The van der Waals surface area contributed by atoms with E-state index in [0.717, 1.165) is 5.52 Å². The molecule has 0 unspecified atom stereocenters. The first kappa shape index (κ1) is 11.6. The van der Waals surface area contributed by atoms with Crippen molar-refractivity contribution in [2.75, 3.05) is 13.1 Å². The van der Waals surface area contributed by atoms with E-state index in [4.69, 9.17) is 0 Å². The smallest absolute Gasteiger partial charge is 0.276 e. The molecule has 2 N–H and O–H groups in total. The molecule has 0 amide bonds. The number of alkyl halides is 2. The molecule has 1 aliphatic heterocycles. The molecule has 3 rings (SSSR count). The highest BCUT2D eigenvalue weighted by Gasteiger charge is 2.41. The minimum absolute atomic E-state index is 0.0890. The molecule has 0 bridgehead atoms. The number of rotatable bonds is 2. The maximum atomic E-state index is 14.4. The molecule has 18 heavy (non-hydrogen) atoms. The van der Waals surface area contributed by atoms with Crippen LogP contribution in [-0.4, -0.2) is 23.1 Å². The maximum absolute atomic E-state index is 14.4. The fraction of sp³-hybridized carbons (Fsp3) is 0.462. The zero-order valence-electron chi connectivity index (χ0n) is 9.92. The second kappa shape index (κ2) is 4.31. The molecule has 0 spiro atoms. The minimum atomic E-state index is -2.76. The first-order valence-corrected chi connectivity index (χ1v) is 6.20. The van der Waals surface area contributed by atoms with Gasteiger partial charge in [-0.2, -0.15) is 0 Å². The van der Waals surface area contributed by atoms with Crippen molar-refractivity contribution >= 4 is 11.0 Å². The van der Waals surface area contributed by atoms with Gasteiger partial charge in [-0.3, -0.25) is 0 Å². The van der Waals surface area contributed by atoms with Gasteiger partial charge >= 0.3 is 0 Å². The highest BCUT2D eigenvalue weighted by Crippen LogP contribution is 2.40. The van der Waals surface area contributed by atoms with E-state index in [1.54, 1.807) is 6.07 Å². The number of H-pyrrole nitrogens is 1. The summed E-state index contributed by atoms with van der Waals surface area (Å²) in [5, 5.41) is 3.11. The normalized spacial score (nSPS) is 18.3. The average molecular weight is 251 g/mol. The molecule has 3 nitrogen and oxygen atoms in total. The zero-order valence-corrected chi connectivity index (χ0v) is 9.92. The fourth-order valence-electron chi connectivity index (χ4n) is 2.56. The lowest BCUT2D eigenvalue weighted by molar-refractivity contribution is -0.0752. The first-order valence-electron chi connectivity index (χ1n) is 6.20. The molecule has 1 fully saturated rings. The summed E-state index contributed by atoms with van der Waals surface area (Å²) in [7, 11) is 0. The van der Waals surface area contributed by atoms with Crippen molar-refractivity contribution in [1.82, 2.24) is 15.3 Å². The summed E-state index contributed by atoms with van der Waals surface area (Å²) in [5.41, 5.74) is 1.48. The molecule has 2 heterocycles. The van der Waals surface area contributed by atoms with Crippen molar-refractivity contribution in [2.24, 2.45) is 5.92 Å². The monoisotopic (exact) mass is 251 g/mol. The summed E-state index contributed by atoms with van der Waals surface area (Å²) in [6.45, 7) is 1.35. The number of hydrogen-bond donors (Lipinski definition) is 2. The fourth-order valence-corrected chi connectivity index (χ4v) is 2.56. The topological polar surface area (TPSA) is 40.7 Å². The first-order chi connectivity index (χ1) is 8.68. The van der Waals surface area contributed by atoms with E-state index >= 15 is 0 Å². The van der Waals surface area contributed by atoms with Crippen LogP contribution in [0, 0.1) is 5.92 Å². The maximum Gasteiger partial charge on any atom is 0.276 e. The predicted octanol–water partition coefficient (Wildman–Crippen LogP) is 2.65. The summed E-state index contributed by atoms with van der Waals surface area (Å²) in [6.07, 6.45) is 2.57. The molecule has 0 saturated carbocycles. The molecular weight excluding hydrogens is 236 g/mol. The number of imidazole rings is 1. The molecule has 96 valence electrons. The van der Waals surface area contributed by atoms with Crippen LogP contribution in [-0.2, 0) is 5.92 Å². The van der Waals surface area contributed by atoms with E-state index in [9.17, 15) is 8.78 Å². The Morgan fingerprint density at radius 1 is 1.22 bits per heavy atom. The third-order valence-electron chi connectivity index (χ3n) is 3.66. The van der Waals surface area contributed by atoms with Crippen LogP contribution in [0.15, 0.2) is 24.5 Å². The Hall–Kier alpha value is -1.49. The summed E-state index contributed by atoms with van der Waals surface area (Å²) >= 11 is 0. The van der Waals surface area contributed by atoms with Crippen LogP contribution in [0.2, 0.25) is 0 Å². The van der Waals surface area contributed by atoms with E-state index in [0.29, 0.717) is 31.4 Å². The lowest BCUT2D eigenvalue weighted by atomic mass is 9.87. The van der Waals surface area contributed by atoms with Gasteiger partial charge in [0.05, 0.1) is 17.4 Å². The molecule has 1 aromatic heterocycles. The molecule has 1 saturated heterocycles. The van der Waals surface area contributed by atoms with E-state index in [1.807, 2.05) is 0 Å². The number of fused-ring (bicyclic) bond motifs is 1. The van der Waals surface area contributed by atoms with Gasteiger partial charge < -0.3 is 10.3 Å². The number of aromatic nitrogens is 2. The van der Waals surface area contributed by atoms with Crippen LogP contribution < -0.4 is 5.32 Å². The van der Waals surface area contributed by atoms with Crippen molar-refractivity contribution in [3.63, 3.8) is 0 Å². The van der Waals surface area contributed by atoms with Crippen LogP contribution in [0.3, 0.4) is 0 Å². The molecular formula is C13H15F2N3. The van der Waals surface area contributed by atoms with E-state index in [1.165, 1.54) is 18.5 Å². The van der Waals surface area contributed by atoms with Gasteiger partial charge in [0.15, 0.2) is 0 Å². The third kappa shape index (κ3) is 1.88. The minimum Gasteiger partial charge on any atom is -0.345 e. The van der Waals surface area contributed by atoms with Crippen molar-refractivity contribution in [2.45, 2.75) is 18.8 Å². The lowest BCUT2D eigenvalue weighted by Crippen LogP contribution is -2.36. The quantitative estimate of drug-likeness (QED) is 0.861. The lowest BCUT2D eigenvalue weighted by Gasteiger charge is -2.30. The number of halogens is 2. The van der Waals surface area contributed by atoms with Gasteiger partial charge in [0.25, 0.3) is 5.92 Å². The van der Waals surface area contributed by atoms with Crippen LogP contribution >= 0.6 is 0 Å². The van der Waals surface area contributed by atoms with Crippen LogP contribution in [0.4, 0.5) is 8.78 Å². The number of benzene rings is 1. The molecule has 0 atom stereocenters. The van der Waals surface area contributed by atoms with E-state index < -0.39 is 11.8 Å². The predicted molar refractivity (Wildman–Crippen MR) is 65.6 cm³/mol. The summed E-state index contributed by atoms with van der Waals surface area (Å²) in [6, 6.07) is 4.66. The zero-order chi connectivity index (χ0) is 12.6. The Labute approximate surface area is 104 Å². The molecule has 1 aromatic carbocycles. The number of nitrogens with zero attached hydrogens (tertiary/aromatic N) is 1. The van der Waals surface area contributed by atoms with Gasteiger partial charge in [0.1, 0.15) is 0 Å². The van der Waals surface area contributed by atoms with Gasteiger partial charge in [-0.15, -0.1) is 0 Å². The Morgan fingerprint density at radius 2 is 2.00 bits per heavy atom. The second-order valence-electron chi connectivity index (χ2n) is 4.78. The van der Waals surface area contributed by atoms with Gasteiger partial charge in [0, 0.05) is 11.5 Å². The van der Waals surface area contributed by atoms with Crippen molar-refractivity contribution in [3.8, 4) is 0 Å². The number of aromatic amines is 1. The molecule has 2 aromatic rings. The van der Waals surface area contributed by atoms with Crippen molar-refractivity contribution < 1.29 is 8.78 Å². The standard InChI is InChI=1S/C13H15F2N3/c14-13(15,9-3-5-16-6-4-9)10-1-2-11-12(7-10)18-8-17-11/h1-2,7-9,16H,3-6H2,(H,17,18). The molecule has 0 radical (unpaired) electrons. The van der Waals surface area contributed by atoms with Gasteiger partial charge in [-0.25, -0.2) is 13.8 Å². The Balaban J connectivity index is 1.95. The van der Waals surface area contributed by atoms with Crippen LogP contribution in [0.25, 0.3) is 11.0 Å². The van der Waals surface area contributed by atoms with Crippen LogP contribution in [0.1, 0.15) is 18.4 Å². The van der Waals surface area contributed by atoms with E-state index in [-0.39, 0.29) is 5.56 Å². The van der Waals surface area contributed by atoms with Crippen LogP contribution in [0.5, 0.6) is 0 Å². The Morgan fingerprint density at radius 3 is 2.78 bits per heavy atom. The number of nitrogens with one attached hydrogen (secondary N) is 2. The highest BCUT2D eigenvalue weighted by molar-refractivity contribution is 5.75. The largest absolute Gasteiger partial charge is 0.345 e. The van der Waals surface area contributed by atoms with Crippen molar-refractivity contribution in [1.29, 1.82) is 0 Å². The number of piperidine rings is 1. The molecule has 5 heteroatoms. The molecule has 1 aliphatic rings. The van der Waals surface area contributed by atoms with Gasteiger partial charge in [0.2, 0.25) is 0 Å². The molecule has 0 aliphatic carbocycles. The highest BCUT2D eigenvalue weighted by atomic mass is 19.3. The van der Waals surface area contributed by atoms with E-state index in [2.05, 4.69) is 15.3 Å². The summed E-state index contributed by atoms with van der Waals surface area (Å²) in [4.78, 5) is 6.92. The second-order valence-corrected chi connectivity index (χ2v) is 4.78. The average Bonchev–Trinajstić information content (AvgIpc) is 2.87. The van der Waals surface area contributed by atoms with Gasteiger partial charge in [-0.1, -0.05) is 6.07 Å². The SMILES string of the molecule is FC(F)(c1ccc2nc[nH]c2c1)C1CCNCC1. The summed E-state index contributed by atoms with van der Waals surface area (Å²) < 4.78 is 28.8. The Kier molecular flexibility index (Phi) is 2.78. The van der Waals surface area contributed by atoms with Crippen molar-refractivity contribution in [3.05, 3.63) is 30.1 Å². The van der Waals surface area contributed by atoms with Gasteiger partial charge in [-0.05, 0) is 38.1 Å². The summed E-state index contributed by atoms with van der Waals surface area (Å²) in [5.74, 6) is -3.33. The third-order valence-corrected chi connectivity index (χ3v) is 3.66. The Bertz CT molecular complexity index is 544.